The Hall–Kier alpha value is -0.900. The van der Waals surface area contributed by atoms with E-state index in [1.807, 2.05) is 6.92 Å². The van der Waals surface area contributed by atoms with E-state index >= 15 is 0 Å². The number of hydrogen-bond donors (Lipinski definition) is 0. The molecule has 1 aliphatic heterocycles. The van der Waals surface area contributed by atoms with E-state index in [0.29, 0.717) is 18.3 Å². The first-order valence-electron chi connectivity index (χ1n) is 6.17. The molecule has 0 bridgehead atoms. The van der Waals surface area contributed by atoms with Crippen LogP contribution in [0.25, 0.3) is 0 Å². The van der Waals surface area contributed by atoms with Gasteiger partial charge in [0.1, 0.15) is 0 Å². The number of rotatable bonds is 4. The molecule has 0 radical (unpaired) electrons. The van der Waals surface area contributed by atoms with Gasteiger partial charge in [-0.15, -0.1) is 10.2 Å². The molecule has 2 heterocycles. The van der Waals surface area contributed by atoms with Crippen LogP contribution in [0.3, 0.4) is 0 Å². The molecule has 0 N–H and O–H groups in total. The summed E-state index contributed by atoms with van der Waals surface area (Å²) in [5.41, 5.74) is 0. The van der Waals surface area contributed by atoms with Gasteiger partial charge in [-0.25, -0.2) is 4.79 Å². The Morgan fingerprint density at radius 2 is 2.00 bits per heavy atom. The van der Waals surface area contributed by atoms with Crippen LogP contribution < -0.4 is 4.90 Å². The maximum absolute atomic E-state index is 11.8. The van der Waals surface area contributed by atoms with Gasteiger partial charge in [0.15, 0.2) is 10.6 Å². The lowest BCUT2D eigenvalue weighted by atomic mass is 10.5. The number of thioether (sulfide) groups is 1. The molecule has 0 saturated carbocycles. The third-order valence-corrected chi connectivity index (χ3v) is 4.88. The predicted molar refractivity (Wildman–Crippen MR) is 78.4 cm³/mol. The highest BCUT2D eigenvalue weighted by Gasteiger charge is 2.26. The van der Waals surface area contributed by atoms with E-state index in [1.54, 1.807) is 32.9 Å². The molecule has 9 heteroatoms. The van der Waals surface area contributed by atoms with Crippen LogP contribution >= 0.6 is 23.1 Å². The standard InChI is InChI=1S/C11H18N4O3S2/c1-7(8-17-5-6-18-8)19-10-13-12-9(20-10)15(4)11(16)14(2)3/h7-8H,5-6H2,1-4H3. The lowest BCUT2D eigenvalue weighted by Crippen LogP contribution is -2.36. The lowest BCUT2D eigenvalue weighted by Gasteiger charge is -2.18. The number of ether oxygens (including phenoxy) is 2. The van der Waals surface area contributed by atoms with Crippen molar-refractivity contribution >= 4 is 34.3 Å². The Bertz CT molecular complexity index is 462. The van der Waals surface area contributed by atoms with Crippen LogP contribution in [0.2, 0.25) is 0 Å². The summed E-state index contributed by atoms with van der Waals surface area (Å²) in [7, 11) is 5.09. The summed E-state index contributed by atoms with van der Waals surface area (Å²) in [5, 5.41) is 8.85. The second-order valence-electron chi connectivity index (χ2n) is 4.52. The van der Waals surface area contributed by atoms with Gasteiger partial charge in [0, 0.05) is 21.1 Å². The van der Waals surface area contributed by atoms with Crippen molar-refractivity contribution in [1.82, 2.24) is 15.1 Å². The summed E-state index contributed by atoms with van der Waals surface area (Å²) in [5.74, 6) is 0. The van der Waals surface area contributed by atoms with Crippen LogP contribution in [0, 0.1) is 0 Å². The maximum atomic E-state index is 11.8. The third kappa shape index (κ3) is 3.60. The Balaban J connectivity index is 1.96. The first-order chi connectivity index (χ1) is 9.49. The minimum absolute atomic E-state index is 0.131. The number of nitrogens with zero attached hydrogens (tertiary/aromatic N) is 4. The zero-order valence-electron chi connectivity index (χ0n) is 11.9. The van der Waals surface area contributed by atoms with Crippen molar-refractivity contribution in [1.29, 1.82) is 0 Å². The minimum Gasteiger partial charge on any atom is -0.349 e. The predicted octanol–water partition coefficient (Wildman–Crippen LogP) is 1.51. The van der Waals surface area contributed by atoms with Gasteiger partial charge in [-0.1, -0.05) is 23.1 Å². The summed E-state index contributed by atoms with van der Waals surface area (Å²) in [6.45, 7) is 3.30. The highest BCUT2D eigenvalue weighted by Crippen LogP contribution is 2.33. The van der Waals surface area contributed by atoms with E-state index in [-0.39, 0.29) is 17.6 Å². The highest BCUT2D eigenvalue weighted by atomic mass is 32.2. The maximum Gasteiger partial charge on any atom is 0.325 e. The van der Waals surface area contributed by atoms with Crippen molar-refractivity contribution in [2.75, 3.05) is 39.3 Å². The fourth-order valence-corrected chi connectivity index (χ4v) is 3.71. The van der Waals surface area contributed by atoms with Crippen molar-refractivity contribution in [3.05, 3.63) is 0 Å². The molecular formula is C11H18N4O3S2. The lowest BCUT2D eigenvalue weighted by molar-refractivity contribution is -0.0385. The van der Waals surface area contributed by atoms with Crippen LogP contribution in [-0.2, 0) is 9.47 Å². The second-order valence-corrected chi connectivity index (χ2v) is 7.10. The molecule has 0 spiro atoms. The monoisotopic (exact) mass is 318 g/mol. The summed E-state index contributed by atoms with van der Waals surface area (Å²) in [4.78, 5) is 14.8. The quantitative estimate of drug-likeness (QED) is 0.619. The number of aromatic nitrogens is 2. The molecule has 1 saturated heterocycles. The summed E-state index contributed by atoms with van der Waals surface area (Å²) < 4.78 is 11.7. The first-order valence-corrected chi connectivity index (χ1v) is 7.87. The number of carbonyl (C=O) groups excluding carboxylic acids is 1. The average molecular weight is 318 g/mol. The Kier molecular flexibility index (Phi) is 5.19. The normalized spacial score (nSPS) is 17.2. The zero-order chi connectivity index (χ0) is 14.7. The summed E-state index contributed by atoms with van der Waals surface area (Å²) in [6, 6.07) is -0.131. The molecule has 1 aromatic rings. The highest BCUT2D eigenvalue weighted by molar-refractivity contribution is 8.01. The number of hydrogen-bond acceptors (Lipinski definition) is 7. The number of urea groups is 1. The van der Waals surface area contributed by atoms with Gasteiger partial charge in [0.2, 0.25) is 5.13 Å². The molecule has 7 nitrogen and oxygen atoms in total. The number of amides is 2. The van der Waals surface area contributed by atoms with Crippen LogP contribution in [0.1, 0.15) is 6.92 Å². The van der Waals surface area contributed by atoms with Gasteiger partial charge >= 0.3 is 6.03 Å². The summed E-state index contributed by atoms with van der Waals surface area (Å²) >= 11 is 2.92. The fraction of sp³-hybridized carbons (Fsp3) is 0.727. The van der Waals surface area contributed by atoms with Gasteiger partial charge in [0.05, 0.1) is 18.5 Å². The molecule has 1 atom stereocenters. The molecule has 0 aliphatic carbocycles. The van der Waals surface area contributed by atoms with Gasteiger partial charge in [0.25, 0.3) is 0 Å². The zero-order valence-corrected chi connectivity index (χ0v) is 13.5. The van der Waals surface area contributed by atoms with Crippen molar-refractivity contribution < 1.29 is 14.3 Å². The largest absolute Gasteiger partial charge is 0.349 e. The van der Waals surface area contributed by atoms with E-state index < -0.39 is 0 Å². The second kappa shape index (κ2) is 6.70. The fourth-order valence-electron chi connectivity index (χ4n) is 1.63. The van der Waals surface area contributed by atoms with Gasteiger partial charge < -0.3 is 14.4 Å². The van der Waals surface area contributed by atoms with E-state index in [1.165, 1.54) is 21.1 Å². The van der Waals surface area contributed by atoms with Gasteiger partial charge in [-0.2, -0.15) is 0 Å². The van der Waals surface area contributed by atoms with Crippen molar-refractivity contribution in [2.24, 2.45) is 0 Å². The van der Waals surface area contributed by atoms with Crippen molar-refractivity contribution in [2.45, 2.75) is 22.8 Å². The van der Waals surface area contributed by atoms with Crippen LogP contribution in [-0.4, -0.2) is 67.0 Å². The molecule has 1 fully saturated rings. The van der Waals surface area contributed by atoms with E-state index in [9.17, 15) is 4.79 Å². The van der Waals surface area contributed by atoms with Crippen LogP contribution in [0.4, 0.5) is 9.93 Å². The smallest absolute Gasteiger partial charge is 0.325 e. The van der Waals surface area contributed by atoms with Gasteiger partial charge in [-0.05, 0) is 6.92 Å². The topological polar surface area (TPSA) is 67.8 Å². The molecular weight excluding hydrogens is 300 g/mol. The molecule has 20 heavy (non-hydrogen) atoms. The number of carbonyl (C=O) groups is 1. The number of anilines is 1. The van der Waals surface area contributed by atoms with E-state index in [0.717, 1.165) is 4.34 Å². The Morgan fingerprint density at radius 3 is 2.60 bits per heavy atom. The van der Waals surface area contributed by atoms with E-state index in [2.05, 4.69) is 10.2 Å². The van der Waals surface area contributed by atoms with Crippen LogP contribution in [0.15, 0.2) is 4.34 Å². The Morgan fingerprint density at radius 1 is 1.35 bits per heavy atom. The average Bonchev–Trinajstić information content (AvgIpc) is 3.07. The van der Waals surface area contributed by atoms with Crippen molar-refractivity contribution in [3.8, 4) is 0 Å². The summed E-state index contributed by atoms with van der Waals surface area (Å²) in [6.07, 6.45) is -0.200. The molecule has 2 rings (SSSR count). The SMILES string of the molecule is CC(Sc1nnc(N(C)C(=O)N(C)C)s1)C1OCCO1. The van der Waals surface area contributed by atoms with Crippen LogP contribution in [0.5, 0.6) is 0 Å². The molecule has 0 aromatic carbocycles. The Labute approximate surface area is 126 Å². The molecule has 112 valence electrons. The van der Waals surface area contributed by atoms with Gasteiger partial charge in [-0.3, -0.25) is 4.90 Å². The van der Waals surface area contributed by atoms with E-state index in [4.69, 9.17) is 9.47 Å². The molecule has 1 aliphatic rings. The third-order valence-electron chi connectivity index (χ3n) is 2.67. The minimum atomic E-state index is -0.200. The van der Waals surface area contributed by atoms with Crippen molar-refractivity contribution in [3.63, 3.8) is 0 Å². The molecule has 2 amide bonds. The molecule has 1 unspecified atom stereocenters. The first kappa shape index (κ1) is 15.5. The molecule has 1 aromatic heterocycles.